The number of nitrogens with one attached hydrogen (secondary N) is 1. The van der Waals surface area contributed by atoms with E-state index < -0.39 is 0 Å². The van der Waals surface area contributed by atoms with Gasteiger partial charge in [-0.25, -0.2) is 0 Å². The van der Waals surface area contributed by atoms with Gasteiger partial charge < -0.3 is 19.4 Å². The first-order chi connectivity index (χ1) is 13.7. The third kappa shape index (κ3) is 3.96. The summed E-state index contributed by atoms with van der Waals surface area (Å²) >= 11 is 0. The lowest BCUT2D eigenvalue weighted by Gasteiger charge is -2.10. The van der Waals surface area contributed by atoms with Crippen LogP contribution in [0.3, 0.4) is 0 Å². The van der Waals surface area contributed by atoms with Crippen molar-refractivity contribution in [2.75, 3.05) is 12.4 Å². The number of ether oxygens (including phenoxy) is 2. The van der Waals surface area contributed by atoms with Crippen LogP contribution in [0, 0.1) is 0 Å². The van der Waals surface area contributed by atoms with Crippen LogP contribution in [0.25, 0.3) is 10.9 Å². The van der Waals surface area contributed by atoms with Gasteiger partial charge in [-0.15, -0.1) is 0 Å². The maximum atomic E-state index is 12.5. The molecule has 2 aromatic heterocycles. The van der Waals surface area contributed by atoms with E-state index in [9.17, 15) is 4.79 Å². The van der Waals surface area contributed by atoms with Gasteiger partial charge in [-0.1, -0.05) is 6.07 Å². The Kier molecular flexibility index (Phi) is 4.93. The summed E-state index contributed by atoms with van der Waals surface area (Å²) < 4.78 is 12.9. The van der Waals surface area contributed by atoms with Crippen molar-refractivity contribution in [2.24, 2.45) is 0 Å². The minimum atomic E-state index is -0.116. The van der Waals surface area contributed by atoms with Crippen molar-refractivity contribution in [3.05, 3.63) is 79.3 Å². The van der Waals surface area contributed by atoms with E-state index in [2.05, 4.69) is 10.3 Å². The van der Waals surface area contributed by atoms with Crippen molar-refractivity contribution in [1.29, 1.82) is 0 Å². The first kappa shape index (κ1) is 17.6. The lowest BCUT2D eigenvalue weighted by molar-refractivity contribution is -0.116. The molecule has 0 atom stereocenters. The van der Waals surface area contributed by atoms with Crippen molar-refractivity contribution in [1.82, 2.24) is 9.55 Å². The number of nitrogens with zero attached hydrogens (tertiary/aromatic N) is 2. The molecule has 6 nitrogen and oxygen atoms in total. The van der Waals surface area contributed by atoms with Gasteiger partial charge in [0.15, 0.2) is 0 Å². The average Bonchev–Trinajstić information content (AvgIpc) is 3.10. The van der Waals surface area contributed by atoms with E-state index >= 15 is 0 Å². The molecule has 1 N–H and O–H groups in total. The third-order valence-electron chi connectivity index (χ3n) is 4.30. The molecule has 6 heteroatoms. The van der Waals surface area contributed by atoms with Crippen LogP contribution in [0.4, 0.5) is 5.69 Å². The zero-order valence-electron chi connectivity index (χ0n) is 15.3. The summed E-state index contributed by atoms with van der Waals surface area (Å²) in [5, 5.41) is 3.94. The average molecular weight is 373 g/mol. The highest BCUT2D eigenvalue weighted by molar-refractivity contribution is 5.92. The Balaban J connectivity index is 1.45. The van der Waals surface area contributed by atoms with E-state index in [1.807, 2.05) is 53.2 Å². The predicted molar refractivity (Wildman–Crippen MR) is 108 cm³/mol. The Morgan fingerprint density at radius 3 is 2.68 bits per heavy atom. The summed E-state index contributed by atoms with van der Waals surface area (Å²) in [5.41, 5.74) is 1.65. The molecule has 0 unspecified atom stereocenters. The standard InChI is InChI=1S/C22H19N3O3/c1-27-19-5-6-21-16(13-19)9-12-25(21)15-22(26)24-17-3-2-4-20(14-17)28-18-7-10-23-11-8-18/h2-14H,15H2,1H3,(H,24,26). The molecule has 0 aliphatic carbocycles. The fraction of sp³-hybridized carbons (Fsp3) is 0.0909. The number of hydrogen-bond donors (Lipinski definition) is 1. The molecule has 4 aromatic rings. The van der Waals surface area contributed by atoms with Crippen LogP contribution in [0.1, 0.15) is 0 Å². The van der Waals surface area contributed by atoms with Crippen molar-refractivity contribution in [3.63, 3.8) is 0 Å². The Morgan fingerprint density at radius 2 is 1.86 bits per heavy atom. The molecule has 0 bridgehead atoms. The van der Waals surface area contributed by atoms with E-state index in [1.165, 1.54) is 0 Å². The Hall–Kier alpha value is -3.80. The quantitative estimate of drug-likeness (QED) is 0.541. The third-order valence-corrected chi connectivity index (χ3v) is 4.30. The zero-order valence-corrected chi connectivity index (χ0v) is 15.3. The molecule has 0 radical (unpaired) electrons. The van der Waals surface area contributed by atoms with Gasteiger partial charge in [0.05, 0.1) is 7.11 Å². The second-order valence-corrected chi connectivity index (χ2v) is 6.23. The molecule has 2 heterocycles. The van der Waals surface area contributed by atoms with Crippen LogP contribution in [-0.4, -0.2) is 22.6 Å². The molecule has 0 aliphatic heterocycles. The molecule has 0 fully saturated rings. The van der Waals surface area contributed by atoms with Crippen LogP contribution in [0.15, 0.2) is 79.3 Å². The number of pyridine rings is 1. The smallest absolute Gasteiger partial charge is 0.244 e. The molecule has 2 aromatic carbocycles. The molecule has 0 saturated heterocycles. The summed E-state index contributed by atoms with van der Waals surface area (Å²) in [6.45, 7) is 0.214. The zero-order chi connectivity index (χ0) is 19.3. The number of aromatic nitrogens is 2. The SMILES string of the molecule is COc1ccc2c(ccn2CC(=O)Nc2cccc(Oc3ccncc3)c2)c1. The van der Waals surface area contributed by atoms with Gasteiger partial charge in [0.2, 0.25) is 5.91 Å². The fourth-order valence-electron chi connectivity index (χ4n) is 2.98. The number of fused-ring (bicyclic) bond motifs is 1. The van der Waals surface area contributed by atoms with Gasteiger partial charge >= 0.3 is 0 Å². The maximum absolute atomic E-state index is 12.5. The summed E-state index contributed by atoms with van der Waals surface area (Å²) in [7, 11) is 1.64. The van der Waals surface area contributed by atoms with Gasteiger partial charge in [0.25, 0.3) is 0 Å². The minimum absolute atomic E-state index is 0.116. The topological polar surface area (TPSA) is 65.4 Å². The lowest BCUT2D eigenvalue weighted by Crippen LogP contribution is -2.18. The van der Waals surface area contributed by atoms with E-state index in [4.69, 9.17) is 9.47 Å². The monoisotopic (exact) mass is 373 g/mol. The first-order valence-electron chi connectivity index (χ1n) is 8.82. The number of hydrogen-bond acceptors (Lipinski definition) is 4. The predicted octanol–water partition coefficient (Wildman–Crippen LogP) is 4.48. The molecule has 28 heavy (non-hydrogen) atoms. The number of benzene rings is 2. The van der Waals surface area contributed by atoms with Crippen LogP contribution in [-0.2, 0) is 11.3 Å². The Labute approximate surface area is 162 Å². The summed E-state index contributed by atoms with van der Waals surface area (Å²) in [6.07, 6.45) is 5.22. The van der Waals surface area contributed by atoms with Crippen molar-refractivity contribution in [3.8, 4) is 17.2 Å². The number of rotatable bonds is 6. The fourth-order valence-corrected chi connectivity index (χ4v) is 2.98. The molecule has 4 rings (SSSR count). The number of carbonyl (C=O) groups is 1. The van der Waals surface area contributed by atoms with Crippen molar-refractivity contribution < 1.29 is 14.3 Å². The van der Waals surface area contributed by atoms with E-state index in [0.717, 1.165) is 16.7 Å². The summed E-state index contributed by atoms with van der Waals surface area (Å²) in [4.78, 5) is 16.5. The maximum Gasteiger partial charge on any atom is 0.244 e. The number of methoxy groups -OCH3 is 1. The van der Waals surface area contributed by atoms with Crippen LogP contribution >= 0.6 is 0 Å². The van der Waals surface area contributed by atoms with Gasteiger partial charge in [-0.05, 0) is 48.5 Å². The molecule has 0 saturated carbocycles. The lowest BCUT2D eigenvalue weighted by atomic mass is 10.2. The Bertz CT molecular complexity index is 1110. The van der Waals surface area contributed by atoms with Crippen molar-refractivity contribution >= 4 is 22.5 Å². The van der Waals surface area contributed by atoms with E-state index in [0.29, 0.717) is 17.2 Å². The van der Waals surface area contributed by atoms with Gasteiger partial charge in [-0.2, -0.15) is 0 Å². The highest BCUT2D eigenvalue weighted by Gasteiger charge is 2.08. The first-order valence-corrected chi connectivity index (χ1v) is 8.82. The highest BCUT2D eigenvalue weighted by atomic mass is 16.5. The summed E-state index contributed by atoms with van der Waals surface area (Å²) in [5.74, 6) is 2.00. The highest BCUT2D eigenvalue weighted by Crippen LogP contribution is 2.24. The Morgan fingerprint density at radius 1 is 1.00 bits per heavy atom. The van der Waals surface area contributed by atoms with Crippen molar-refractivity contribution in [2.45, 2.75) is 6.54 Å². The van der Waals surface area contributed by atoms with Gasteiger partial charge in [0.1, 0.15) is 23.8 Å². The summed E-state index contributed by atoms with van der Waals surface area (Å²) in [6, 6.07) is 18.6. The molecule has 0 spiro atoms. The second-order valence-electron chi connectivity index (χ2n) is 6.23. The number of anilines is 1. The van der Waals surface area contributed by atoms with Gasteiger partial charge in [0, 0.05) is 41.2 Å². The molecule has 0 aliphatic rings. The largest absolute Gasteiger partial charge is 0.497 e. The number of amides is 1. The van der Waals surface area contributed by atoms with E-state index in [1.54, 1.807) is 37.7 Å². The molecule has 1 amide bonds. The van der Waals surface area contributed by atoms with Crippen LogP contribution in [0.5, 0.6) is 17.2 Å². The molecular formula is C22H19N3O3. The normalized spacial score (nSPS) is 10.6. The number of carbonyl (C=O) groups excluding carboxylic acids is 1. The van der Waals surface area contributed by atoms with Crippen LogP contribution in [0.2, 0.25) is 0 Å². The molecular weight excluding hydrogens is 354 g/mol. The van der Waals surface area contributed by atoms with Gasteiger partial charge in [-0.3, -0.25) is 9.78 Å². The van der Waals surface area contributed by atoms with Crippen LogP contribution < -0.4 is 14.8 Å². The van der Waals surface area contributed by atoms with E-state index in [-0.39, 0.29) is 12.5 Å². The molecule has 140 valence electrons. The minimum Gasteiger partial charge on any atom is -0.497 e. The second kappa shape index (κ2) is 7.84.